The van der Waals surface area contributed by atoms with Gasteiger partial charge in [0.05, 0.1) is 11.5 Å². The van der Waals surface area contributed by atoms with Crippen LogP contribution in [0, 0.1) is 0 Å². The van der Waals surface area contributed by atoms with Crippen molar-refractivity contribution in [3.8, 4) is 0 Å². The van der Waals surface area contributed by atoms with Gasteiger partial charge in [-0.2, -0.15) is 0 Å². The van der Waals surface area contributed by atoms with Gasteiger partial charge in [-0.05, 0) is 12.0 Å². The summed E-state index contributed by atoms with van der Waals surface area (Å²) in [5.74, 6) is 0.712. The predicted octanol–water partition coefficient (Wildman–Crippen LogP) is 1.22. The number of nitrogens with two attached hydrogens (primary N) is 1. The molecule has 0 spiro atoms. The van der Waals surface area contributed by atoms with E-state index < -0.39 is 0 Å². The van der Waals surface area contributed by atoms with E-state index in [2.05, 4.69) is 12.1 Å². The van der Waals surface area contributed by atoms with E-state index in [-0.39, 0.29) is 17.6 Å². The molecule has 102 valence electrons. The molecule has 0 radical (unpaired) electrons. The second-order valence-electron chi connectivity index (χ2n) is 4.70. The Morgan fingerprint density at radius 3 is 2.68 bits per heavy atom. The highest BCUT2D eigenvalue weighted by molar-refractivity contribution is 8.00. The average molecular weight is 278 g/mol. The highest BCUT2D eigenvalue weighted by Crippen LogP contribution is 2.27. The van der Waals surface area contributed by atoms with E-state index in [4.69, 9.17) is 5.73 Å². The Morgan fingerprint density at radius 2 is 2.00 bits per heavy atom. The SMILES string of the molecule is NC(=O)CSCC(=O)N1CC[C@@H](c2ccccc2)C1. The zero-order chi connectivity index (χ0) is 13.7. The van der Waals surface area contributed by atoms with Crippen molar-refractivity contribution in [3.05, 3.63) is 35.9 Å². The van der Waals surface area contributed by atoms with Crippen molar-refractivity contribution >= 4 is 23.6 Å². The Labute approximate surface area is 117 Å². The molecule has 2 N–H and O–H groups in total. The summed E-state index contributed by atoms with van der Waals surface area (Å²) in [6, 6.07) is 10.3. The van der Waals surface area contributed by atoms with Crippen LogP contribution in [-0.4, -0.2) is 41.3 Å². The maximum absolute atomic E-state index is 12.0. The molecule has 5 heteroatoms. The van der Waals surface area contributed by atoms with Crippen LogP contribution in [-0.2, 0) is 9.59 Å². The van der Waals surface area contributed by atoms with E-state index >= 15 is 0 Å². The normalized spacial score (nSPS) is 18.5. The fourth-order valence-electron chi connectivity index (χ4n) is 2.31. The minimum absolute atomic E-state index is 0.102. The van der Waals surface area contributed by atoms with E-state index in [1.807, 2.05) is 23.1 Å². The van der Waals surface area contributed by atoms with Crippen LogP contribution in [0.25, 0.3) is 0 Å². The zero-order valence-electron chi connectivity index (χ0n) is 10.7. The van der Waals surface area contributed by atoms with Crippen molar-refractivity contribution < 1.29 is 9.59 Å². The lowest BCUT2D eigenvalue weighted by Crippen LogP contribution is -2.30. The van der Waals surface area contributed by atoms with Crippen LogP contribution in [0.15, 0.2) is 30.3 Å². The lowest BCUT2D eigenvalue weighted by atomic mass is 9.99. The Hall–Kier alpha value is -1.49. The topological polar surface area (TPSA) is 63.4 Å². The molecule has 1 fully saturated rings. The van der Waals surface area contributed by atoms with Gasteiger partial charge in [-0.3, -0.25) is 9.59 Å². The lowest BCUT2D eigenvalue weighted by Gasteiger charge is -2.16. The van der Waals surface area contributed by atoms with Gasteiger partial charge in [-0.15, -0.1) is 11.8 Å². The summed E-state index contributed by atoms with van der Waals surface area (Å²) in [5, 5.41) is 0. The summed E-state index contributed by atoms with van der Waals surface area (Å²) in [6.45, 7) is 1.58. The quantitative estimate of drug-likeness (QED) is 0.881. The zero-order valence-corrected chi connectivity index (χ0v) is 11.6. The molecule has 1 atom stereocenters. The molecule has 2 amide bonds. The summed E-state index contributed by atoms with van der Waals surface area (Å²) >= 11 is 1.29. The number of nitrogens with zero attached hydrogens (tertiary/aromatic N) is 1. The van der Waals surface area contributed by atoms with E-state index in [0.717, 1.165) is 19.5 Å². The molecule has 0 aromatic heterocycles. The van der Waals surface area contributed by atoms with Crippen LogP contribution >= 0.6 is 11.8 Å². The Bertz CT molecular complexity index is 450. The number of carbonyl (C=O) groups is 2. The van der Waals surface area contributed by atoms with Gasteiger partial charge in [0.15, 0.2) is 0 Å². The average Bonchev–Trinajstić information content (AvgIpc) is 2.89. The summed E-state index contributed by atoms with van der Waals surface area (Å²) in [5.41, 5.74) is 6.34. The molecule has 1 aromatic carbocycles. The minimum atomic E-state index is -0.374. The molecule has 1 aromatic rings. The molecule has 0 saturated carbocycles. The first-order valence-corrected chi connectivity index (χ1v) is 7.51. The number of primary amides is 1. The number of benzene rings is 1. The van der Waals surface area contributed by atoms with Crippen LogP contribution in [0.3, 0.4) is 0 Å². The summed E-state index contributed by atoms with van der Waals surface area (Å²) in [4.78, 5) is 24.5. The maximum atomic E-state index is 12.0. The number of likely N-dealkylation sites (tertiary alicyclic amines) is 1. The summed E-state index contributed by atoms with van der Waals surface area (Å²) < 4.78 is 0. The number of hydrogen-bond donors (Lipinski definition) is 1. The van der Waals surface area contributed by atoms with Crippen molar-refractivity contribution in [2.75, 3.05) is 24.6 Å². The molecular formula is C14H18N2O2S. The number of amides is 2. The molecule has 1 heterocycles. The van der Waals surface area contributed by atoms with Crippen molar-refractivity contribution in [2.45, 2.75) is 12.3 Å². The number of hydrogen-bond acceptors (Lipinski definition) is 3. The molecule has 19 heavy (non-hydrogen) atoms. The summed E-state index contributed by atoms with van der Waals surface area (Å²) in [6.07, 6.45) is 1.01. The second kappa shape index (κ2) is 6.61. The van der Waals surface area contributed by atoms with E-state index in [1.54, 1.807) is 0 Å². The fourth-order valence-corrected chi connectivity index (χ4v) is 2.97. The Balaban J connectivity index is 1.81. The predicted molar refractivity (Wildman–Crippen MR) is 76.9 cm³/mol. The molecule has 1 aliphatic rings. The molecular weight excluding hydrogens is 260 g/mol. The van der Waals surface area contributed by atoms with Gasteiger partial charge < -0.3 is 10.6 Å². The highest BCUT2D eigenvalue weighted by atomic mass is 32.2. The molecule has 2 rings (SSSR count). The molecule has 0 bridgehead atoms. The van der Waals surface area contributed by atoms with Gasteiger partial charge >= 0.3 is 0 Å². The third kappa shape index (κ3) is 3.99. The van der Waals surface area contributed by atoms with Gasteiger partial charge in [0.25, 0.3) is 0 Å². The molecule has 4 nitrogen and oxygen atoms in total. The van der Waals surface area contributed by atoms with Gasteiger partial charge in [-0.1, -0.05) is 30.3 Å². The second-order valence-corrected chi connectivity index (χ2v) is 5.68. The van der Waals surface area contributed by atoms with Crippen LogP contribution in [0.1, 0.15) is 17.9 Å². The number of carbonyl (C=O) groups excluding carboxylic acids is 2. The minimum Gasteiger partial charge on any atom is -0.369 e. The highest BCUT2D eigenvalue weighted by Gasteiger charge is 2.26. The lowest BCUT2D eigenvalue weighted by molar-refractivity contribution is -0.127. The van der Waals surface area contributed by atoms with Crippen molar-refractivity contribution in [2.24, 2.45) is 5.73 Å². The largest absolute Gasteiger partial charge is 0.369 e. The maximum Gasteiger partial charge on any atom is 0.232 e. The van der Waals surface area contributed by atoms with Crippen molar-refractivity contribution in [1.29, 1.82) is 0 Å². The van der Waals surface area contributed by atoms with Crippen LogP contribution in [0.5, 0.6) is 0 Å². The first kappa shape index (κ1) is 13.9. The fraction of sp³-hybridized carbons (Fsp3) is 0.429. The number of thioether (sulfide) groups is 1. The number of rotatable bonds is 5. The molecule has 1 saturated heterocycles. The Morgan fingerprint density at radius 1 is 1.26 bits per heavy atom. The van der Waals surface area contributed by atoms with Gasteiger partial charge in [0.1, 0.15) is 0 Å². The van der Waals surface area contributed by atoms with E-state index in [1.165, 1.54) is 17.3 Å². The van der Waals surface area contributed by atoms with Gasteiger partial charge in [0.2, 0.25) is 11.8 Å². The third-order valence-electron chi connectivity index (χ3n) is 3.28. The van der Waals surface area contributed by atoms with Crippen LogP contribution in [0.4, 0.5) is 0 Å². The van der Waals surface area contributed by atoms with Gasteiger partial charge in [-0.25, -0.2) is 0 Å². The van der Waals surface area contributed by atoms with E-state index in [9.17, 15) is 9.59 Å². The van der Waals surface area contributed by atoms with Crippen molar-refractivity contribution in [3.63, 3.8) is 0 Å². The first-order valence-electron chi connectivity index (χ1n) is 6.35. The van der Waals surface area contributed by atoms with Gasteiger partial charge in [0, 0.05) is 19.0 Å². The third-order valence-corrected chi connectivity index (χ3v) is 4.22. The smallest absolute Gasteiger partial charge is 0.232 e. The van der Waals surface area contributed by atoms with Crippen LogP contribution in [0.2, 0.25) is 0 Å². The monoisotopic (exact) mass is 278 g/mol. The van der Waals surface area contributed by atoms with E-state index in [0.29, 0.717) is 11.7 Å². The molecule has 0 aliphatic carbocycles. The van der Waals surface area contributed by atoms with Crippen LogP contribution < -0.4 is 5.73 Å². The standard InChI is InChI=1S/C14H18N2O2S/c15-13(17)9-19-10-14(18)16-7-6-12(8-16)11-4-2-1-3-5-11/h1-5,12H,6-10H2,(H2,15,17)/t12-/m1/s1. The van der Waals surface area contributed by atoms with Crippen molar-refractivity contribution in [1.82, 2.24) is 4.90 Å². The summed E-state index contributed by atoms with van der Waals surface area (Å²) in [7, 11) is 0. The Kier molecular flexibility index (Phi) is 4.85. The molecule has 1 aliphatic heterocycles. The first-order chi connectivity index (χ1) is 9.16. The molecule has 0 unspecified atom stereocenters.